The molecule has 9 heteroatoms. The molecule has 0 radical (unpaired) electrons. The van der Waals surface area contributed by atoms with Gasteiger partial charge in [0.1, 0.15) is 17.5 Å². The highest BCUT2D eigenvalue weighted by Crippen LogP contribution is 2.30. The third-order valence-corrected chi connectivity index (χ3v) is 5.90. The molecule has 3 aromatic rings. The van der Waals surface area contributed by atoms with Crippen molar-refractivity contribution in [3.05, 3.63) is 70.9 Å². The van der Waals surface area contributed by atoms with Crippen LogP contribution < -0.4 is 4.72 Å². The molecule has 1 aliphatic heterocycles. The van der Waals surface area contributed by atoms with E-state index >= 15 is 0 Å². The van der Waals surface area contributed by atoms with Crippen LogP contribution in [0.2, 0.25) is 0 Å². The minimum absolute atomic E-state index is 0.00166. The highest BCUT2D eigenvalue weighted by Gasteiger charge is 2.21. The largest absolute Gasteiger partial charge is 0.311 e. The number of nitrogens with one attached hydrogen (secondary N) is 1. The second-order valence-electron chi connectivity index (χ2n) is 7.07. The Labute approximate surface area is 173 Å². The number of fused-ring (bicyclic) bond motifs is 1. The first kappa shape index (κ1) is 20.2. The van der Waals surface area contributed by atoms with Gasteiger partial charge < -0.3 is 4.57 Å². The first-order valence-corrected chi connectivity index (χ1v) is 11.1. The van der Waals surface area contributed by atoms with E-state index in [-0.39, 0.29) is 17.1 Å². The van der Waals surface area contributed by atoms with Gasteiger partial charge in [-0.1, -0.05) is 36.8 Å². The van der Waals surface area contributed by atoms with Crippen molar-refractivity contribution >= 4 is 21.8 Å². The fourth-order valence-electron chi connectivity index (χ4n) is 3.40. The zero-order chi connectivity index (χ0) is 21.1. The molecule has 30 heavy (non-hydrogen) atoms. The molecule has 4 rings (SSSR count). The highest BCUT2D eigenvalue weighted by molar-refractivity contribution is 7.95. The Morgan fingerprint density at radius 2 is 1.80 bits per heavy atom. The number of hydrogen-bond acceptors (Lipinski definition) is 4. The van der Waals surface area contributed by atoms with Crippen molar-refractivity contribution in [2.45, 2.75) is 32.2 Å². The van der Waals surface area contributed by atoms with E-state index in [1.54, 1.807) is 24.3 Å². The summed E-state index contributed by atoms with van der Waals surface area (Å²) >= 11 is 0. The summed E-state index contributed by atoms with van der Waals surface area (Å²) in [6, 6.07) is 10.6. The van der Waals surface area contributed by atoms with E-state index in [4.69, 9.17) is 0 Å². The van der Waals surface area contributed by atoms with Crippen LogP contribution in [-0.4, -0.2) is 23.2 Å². The molecule has 1 aromatic heterocycles. The van der Waals surface area contributed by atoms with Crippen molar-refractivity contribution in [1.82, 2.24) is 14.8 Å². The number of aromatic nitrogens is 3. The monoisotopic (exact) mass is 430 g/mol. The molecule has 0 fully saturated rings. The predicted molar refractivity (Wildman–Crippen MR) is 111 cm³/mol. The lowest BCUT2D eigenvalue weighted by molar-refractivity contribution is 0.582. The van der Waals surface area contributed by atoms with E-state index < -0.39 is 21.7 Å². The summed E-state index contributed by atoms with van der Waals surface area (Å²) in [5, 5.41) is 9.14. The van der Waals surface area contributed by atoms with Gasteiger partial charge in [0.15, 0.2) is 5.82 Å². The van der Waals surface area contributed by atoms with Crippen LogP contribution in [0.3, 0.4) is 0 Å². The zero-order valence-electron chi connectivity index (χ0n) is 16.1. The number of nitrogens with zero attached hydrogens (tertiary/aromatic N) is 3. The number of rotatable bonds is 5. The Bertz CT molecular complexity index is 1190. The molecule has 0 unspecified atom stereocenters. The fraction of sp³-hybridized carbons (Fsp3) is 0.238. The highest BCUT2D eigenvalue weighted by atomic mass is 32.2. The molecule has 0 aliphatic carbocycles. The van der Waals surface area contributed by atoms with Crippen molar-refractivity contribution in [2.75, 3.05) is 4.72 Å². The lowest BCUT2D eigenvalue weighted by Gasteiger charge is -2.11. The molecule has 2 heterocycles. The molecular formula is C21H20F2N4O2S. The molecule has 6 nitrogen and oxygen atoms in total. The Morgan fingerprint density at radius 3 is 2.60 bits per heavy atom. The Kier molecular flexibility index (Phi) is 5.63. The van der Waals surface area contributed by atoms with Crippen LogP contribution in [0.4, 0.5) is 14.5 Å². The summed E-state index contributed by atoms with van der Waals surface area (Å²) in [5.41, 5.74) is 0.325. The fourth-order valence-corrected chi connectivity index (χ4v) is 4.27. The average molecular weight is 430 g/mol. The standard InChI is InChI=1S/C21H20F2N4O2S/c22-17-14-18(23)19(26-30(28,29)12-10-15-7-3-1-4-8-15)13-16(17)21-25-24-20-9-5-2-6-11-27(20)21/h1,3-4,7-8,10,12-14,26H,2,5-6,9,11H2/b12-10+. The van der Waals surface area contributed by atoms with Gasteiger partial charge in [0.2, 0.25) is 0 Å². The Hall–Kier alpha value is -3.07. The molecule has 1 N–H and O–H groups in total. The lowest BCUT2D eigenvalue weighted by Crippen LogP contribution is -2.11. The molecular weight excluding hydrogens is 410 g/mol. The summed E-state index contributed by atoms with van der Waals surface area (Å²) in [7, 11) is -4.01. The van der Waals surface area contributed by atoms with Crippen LogP contribution in [0.5, 0.6) is 0 Å². The van der Waals surface area contributed by atoms with Gasteiger partial charge in [0.05, 0.1) is 16.7 Å². The summed E-state index contributed by atoms with van der Waals surface area (Å²) in [5.74, 6) is -0.818. The summed E-state index contributed by atoms with van der Waals surface area (Å²) < 4.78 is 57.7. The minimum Gasteiger partial charge on any atom is -0.311 e. The van der Waals surface area contributed by atoms with E-state index in [1.807, 2.05) is 10.6 Å². The second-order valence-corrected chi connectivity index (χ2v) is 8.64. The smallest absolute Gasteiger partial charge is 0.255 e. The SMILES string of the molecule is O=S(=O)(/C=C/c1ccccc1)Nc1cc(-c2nnc3n2CCCCC3)c(F)cc1F. The van der Waals surface area contributed by atoms with Gasteiger partial charge in [-0.25, -0.2) is 17.2 Å². The van der Waals surface area contributed by atoms with Gasteiger partial charge in [-0.3, -0.25) is 4.72 Å². The van der Waals surface area contributed by atoms with Gasteiger partial charge in [-0.05, 0) is 30.5 Å². The van der Waals surface area contributed by atoms with Crippen molar-refractivity contribution < 1.29 is 17.2 Å². The third kappa shape index (κ3) is 4.40. The number of benzene rings is 2. The van der Waals surface area contributed by atoms with Crippen LogP contribution in [0, 0.1) is 11.6 Å². The van der Waals surface area contributed by atoms with Crippen molar-refractivity contribution in [1.29, 1.82) is 0 Å². The van der Waals surface area contributed by atoms with E-state index in [0.717, 1.165) is 43.0 Å². The maximum atomic E-state index is 14.6. The Balaban J connectivity index is 1.66. The number of hydrogen-bond donors (Lipinski definition) is 1. The lowest BCUT2D eigenvalue weighted by atomic mass is 10.1. The van der Waals surface area contributed by atoms with Crippen LogP contribution >= 0.6 is 0 Å². The summed E-state index contributed by atoms with van der Waals surface area (Å²) in [6.45, 7) is 0.634. The van der Waals surface area contributed by atoms with Gasteiger partial charge in [-0.2, -0.15) is 0 Å². The van der Waals surface area contributed by atoms with Gasteiger partial charge >= 0.3 is 0 Å². The predicted octanol–water partition coefficient (Wildman–Crippen LogP) is 4.36. The Morgan fingerprint density at radius 1 is 1.00 bits per heavy atom. The van der Waals surface area contributed by atoms with Gasteiger partial charge in [0.25, 0.3) is 10.0 Å². The van der Waals surface area contributed by atoms with Gasteiger partial charge in [0, 0.05) is 19.0 Å². The van der Waals surface area contributed by atoms with Crippen molar-refractivity contribution in [3.8, 4) is 11.4 Å². The average Bonchev–Trinajstić information content (AvgIpc) is 2.97. The first-order chi connectivity index (χ1) is 14.4. The second kappa shape index (κ2) is 8.35. The minimum atomic E-state index is -4.01. The van der Waals surface area contributed by atoms with E-state index in [0.29, 0.717) is 18.2 Å². The van der Waals surface area contributed by atoms with E-state index in [9.17, 15) is 17.2 Å². The normalized spacial score (nSPS) is 14.5. The molecule has 2 aromatic carbocycles. The number of halogens is 2. The maximum Gasteiger partial charge on any atom is 0.255 e. The molecule has 0 atom stereocenters. The molecule has 0 spiro atoms. The van der Waals surface area contributed by atoms with Crippen molar-refractivity contribution in [3.63, 3.8) is 0 Å². The van der Waals surface area contributed by atoms with Crippen LogP contribution in [0.15, 0.2) is 47.9 Å². The number of aryl methyl sites for hydroxylation is 1. The molecule has 1 aliphatic rings. The quantitative estimate of drug-likeness (QED) is 0.652. The first-order valence-electron chi connectivity index (χ1n) is 9.60. The summed E-state index contributed by atoms with van der Waals surface area (Å²) in [4.78, 5) is 0. The summed E-state index contributed by atoms with van der Waals surface area (Å²) in [6.07, 6.45) is 5.05. The van der Waals surface area contributed by atoms with Crippen LogP contribution in [0.25, 0.3) is 17.5 Å². The molecule has 156 valence electrons. The molecule has 0 amide bonds. The van der Waals surface area contributed by atoms with E-state index in [2.05, 4.69) is 14.9 Å². The maximum absolute atomic E-state index is 14.6. The number of sulfonamides is 1. The van der Waals surface area contributed by atoms with Gasteiger partial charge in [-0.15, -0.1) is 10.2 Å². The topological polar surface area (TPSA) is 76.9 Å². The molecule has 0 saturated carbocycles. The van der Waals surface area contributed by atoms with E-state index in [1.165, 1.54) is 6.08 Å². The third-order valence-electron chi connectivity index (χ3n) is 4.90. The van der Waals surface area contributed by atoms with Crippen LogP contribution in [0.1, 0.15) is 30.7 Å². The zero-order valence-corrected chi connectivity index (χ0v) is 16.9. The number of anilines is 1. The molecule has 0 saturated heterocycles. The van der Waals surface area contributed by atoms with Crippen molar-refractivity contribution in [2.24, 2.45) is 0 Å². The molecule has 0 bridgehead atoms. The van der Waals surface area contributed by atoms with Crippen LogP contribution in [-0.2, 0) is 23.0 Å².